The van der Waals surface area contributed by atoms with E-state index in [1.54, 1.807) is 0 Å². The molecule has 2 aliphatic rings. The molecule has 0 bridgehead atoms. The Morgan fingerprint density at radius 2 is 1.86 bits per heavy atom. The second-order valence-electron chi connectivity index (χ2n) is 7.61. The summed E-state index contributed by atoms with van der Waals surface area (Å²) in [6.45, 7) is 0.342. The Morgan fingerprint density at radius 1 is 1.14 bits per heavy atom. The molecular weight excluding hydrogens is 270 g/mol. The topological polar surface area (TPSA) is 46.2 Å². The molecule has 2 aliphatic carbocycles. The lowest BCUT2D eigenvalue weighted by Crippen LogP contribution is -2.27. The van der Waals surface area contributed by atoms with Gasteiger partial charge in [-0.25, -0.2) is 0 Å². The summed E-state index contributed by atoms with van der Waals surface area (Å²) in [5.41, 5.74) is 8.84. The van der Waals surface area contributed by atoms with Crippen LogP contribution in [0.15, 0.2) is 24.3 Å². The smallest absolute Gasteiger partial charge is 0.0702 e. The summed E-state index contributed by atoms with van der Waals surface area (Å²) in [5, 5.41) is 9.73. The standard InChI is InChI=1S/C20H31NO/c21-15-19(22)14-17-6-4-5-16(13-17)9-12-20(18-7-8-18)10-2-1-3-11-20/h4-6,13,18-19,22H,1-3,7-12,14-15,21H2. The molecule has 22 heavy (non-hydrogen) atoms. The summed E-state index contributed by atoms with van der Waals surface area (Å²) in [4.78, 5) is 0. The van der Waals surface area contributed by atoms with Crippen molar-refractivity contribution < 1.29 is 5.11 Å². The average Bonchev–Trinajstić information content (AvgIpc) is 3.39. The third-order valence-electron chi connectivity index (χ3n) is 5.94. The Morgan fingerprint density at radius 3 is 2.55 bits per heavy atom. The fraction of sp³-hybridized carbons (Fsp3) is 0.700. The molecule has 0 spiro atoms. The highest BCUT2D eigenvalue weighted by Crippen LogP contribution is 2.55. The lowest BCUT2D eigenvalue weighted by molar-refractivity contribution is 0.139. The van der Waals surface area contributed by atoms with Gasteiger partial charge in [-0.1, -0.05) is 43.5 Å². The van der Waals surface area contributed by atoms with Crippen LogP contribution in [0.4, 0.5) is 0 Å². The average molecular weight is 301 g/mol. The van der Waals surface area contributed by atoms with E-state index in [9.17, 15) is 5.11 Å². The Kier molecular flexibility index (Phi) is 5.20. The minimum Gasteiger partial charge on any atom is -0.391 e. The van der Waals surface area contributed by atoms with Crippen molar-refractivity contribution in [2.45, 2.75) is 70.3 Å². The molecule has 1 aromatic rings. The first-order valence-corrected chi connectivity index (χ1v) is 9.18. The number of rotatable bonds is 7. The highest BCUT2D eigenvalue weighted by molar-refractivity contribution is 5.24. The number of aliphatic hydroxyl groups excluding tert-OH is 1. The van der Waals surface area contributed by atoms with Gasteiger partial charge in [-0.3, -0.25) is 0 Å². The Balaban J connectivity index is 1.61. The minimum absolute atomic E-state index is 0.342. The maximum atomic E-state index is 9.73. The van der Waals surface area contributed by atoms with Crippen LogP contribution < -0.4 is 5.73 Å². The maximum Gasteiger partial charge on any atom is 0.0702 e. The van der Waals surface area contributed by atoms with Crippen molar-refractivity contribution in [3.63, 3.8) is 0 Å². The molecule has 0 amide bonds. The van der Waals surface area contributed by atoms with E-state index in [-0.39, 0.29) is 0 Å². The van der Waals surface area contributed by atoms with Crippen LogP contribution in [0.1, 0.15) is 62.5 Å². The van der Waals surface area contributed by atoms with E-state index in [1.807, 2.05) is 0 Å². The zero-order chi connectivity index (χ0) is 15.4. The molecule has 0 saturated heterocycles. The molecule has 2 heteroatoms. The molecule has 1 unspecified atom stereocenters. The van der Waals surface area contributed by atoms with Gasteiger partial charge in [-0.05, 0) is 67.4 Å². The highest BCUT2D eigenvalue weighted by Gasteiger charge is 2.44. The molecule has 1 atom stereocenters. The largest absolute Gasteiger partial charge is 0.391 e. The quantitative estimate of drug-likeness (QED) is 0.803. The van der Waals surface area contributed by atoms with Gasteiger partial charge in [0.15, 0.2) is 0 Å². The van der Waals surface area contributed by atoms with Crippen LogP contribution in [-0.4, -0.2) is 17.8 Å². The summed E-state index contributed by atoms with van der Waals surface area (Å²) < 4.78 is 0. The molecule has 3 N–H and O–H groups in total. The van der Waals surface area contributed by atoms with Crippen molar-refractivity contribution >= 4 is 0 Å². The number of benzene rings is 1. The number of nitrogens with two attached hydrogens (primary N) is 1. The summed E-state index contributed by atoms with van der Waals surface area (Å²) in [7, 11) is 0. The molecule has 122 valence electrons. The van der Waals surface area contributed by atoms with Crippen molar-refractivity contribution in [3.05, 3.63) is 35.4 Å². The fourth-order valence-corrected chi connectivity index (χ4v) is 4.47. The van der Waals surface area contributed by atoms with Crippen LogP contribution in [0.2, 0.25) is 0 Å². The van der Waals surface area contributed by atoms with Crippen molar-refractivity contribution in [1.29, 1.82) is 0 Å². The number of aliphatic hydroxyl groups is 1. The number of hydrogen-bond acceptors (Lipinski definition) is 2. The van der Waals surface area contributed by atoms with Crippen LogP contribution in [0, 0.1) is 11.3 Å². The van der Waals surface area contributed by atoms with E-state index in [2.05, 4.69) is 24.3 Å². The van der Waals surface area contributed by atoms with Gasteiger partial charge < -0.3 is 10.8 Å². The predicted octanol–water partition coefficient (Wildman–Crippen LogP) is 3.84. The van der Waals surface area contributed by atoms with Crippen molar-refractivity contribution in [3.8, 4) is 0 Å². The predicted molar refractivity (Wildman–Crippen MR) is 91.8 cm³/mol. The molecule has 1 aromatic carbocycles. The third kappa shape index (κ3) is 3.91. The van der Waals surface area contributed by atoms with Gasteiger partial charge in [0.25, 0.3) is 0 Å². The van der Waals surface area contributed by atoms with Gasteiger partial charge in [0, 0.05) is 6.54 Å². The monoisotopic (exact) mass is 301 g/mol. The SMILES string of the molecule is NCC(O)Cc1cccc(CCC2(C3CC3)CCCCC2)c1. The maximum absolute atomic E-state index is 9.73. The lowest BCUT2D eigenvalue weighted by atomic mass is 9.67. The summed E-state index contributed by atoms with van der Waals surface area (Å²) in [6, 6.07) is 8.78. The third-order valence-corrected chi connectivity index (χ3v) is 5.94. The molecule has 0 radical (unpaired) electrons. The zero-order valence-corrected chi connectivity index (χ0v) is 13.8. The van der Waals surface area contributed by atoms with Gasteiger partial charge in [-0.2, -0.15) is 0 Å². The van der Waals surface area contributed by atoms with E-state index >= 15 is 0 Å². The minimum atomic E-state index is -0.411. The molecule has 2 fully saturated rings. The highest BCUT2D eigenvalue weighted by atomic mass is 16.3. The normalized spacial score (nSPS) is 22.5. The number of hydrogen-bond donors (Lipinski definition) is 2. The van der Waals surface area contributed by atoms with Crippen molar-refractivity contribution in [2.75, 3.05) is 6.54 Å². The second-order valence-corrected chi connectivity index (χ2v) is 7.61. The Hall–Kier alpha value is -0.860. The lowest BCUT2D eigenvalue weighted by Gasteiger charge is -2.38. The van der Waals surface area contributed by atoms with E-state index in [1.165, 1.54) is 68.9 Å². The fourth-order valence-electron chi connectivity index (χ4n) is 4.47. The first kappa shape index (κ1) is 16.0. The van der Waals surface area contributed by atoms with Gasteiger partial charge in [-0.15, -0.1) is 0 Å². The van der Waals surface area contributed by atoms with Crippen LogP contribution in [-0.2, 0) is 12.8 Å². The molecule has 0 aliphatic heterocycles. The Labute approximate surface area is 135 Å². The molecule has 2 nitrogen and oxygen atoms in total. The summed E-state index contributed by atoms with van der Waals surface area (Å²) >= 11 is 0. The first-order valence-electron chi connectivity index (χ1n) is 9.18. The molecule has 3 rings (SSSR count). The van der Waals surface area contributed by atoms with E-state index in [4.69, 9.17) is 5.73 Å². The van der Waals surface area contributed by atoms with Gasteiger partial charge in [0.1, 0.15) is 0 Å². The van der Waals surface area contributed by atoms with Gasteiger partial charge in [0.05, 0.1) is 6.10 Å². The van der Waals surface area contributed by atoms with E-state index < -0.39 is 6.10 Å². The van der Waals surface area contributed by atoms with Crippen molar-refractivity contribution in [1.82, 2.24) is 0 Å². The van der Waals surface area contributed by atoms with Crippen LogP contribution in [0.5, 0.6) is 0 Å². The second kappa shape index (κ2) is 7.14. The van der Waals surface area contributed by atoms with Crippen LogP contribution >= 0.6 is 0 Å². The van der Waals surface area contributed by atoms with Crippen molar-refractivity contribution in [2.24, 2.45) is 17.1 Å². The number of aryl methyl sites for hydroxylation is 1. The van der Waals surface area contributed by atoms with Gasteiger partial charge in [0.2, 0.25) is 0 Å². The van der Waals surface area contributed by atoms with E-state index in [0.717, 1.165) is 5.92 Å². The Bertz CT molecular complexity index is 474. The summed E-state index contributed by atoms with van der Waals surface area (Å²) in [6.07, 6.45) is 13.0. The molecule has 0 aromatic heterocycles. The summed E-state index contributed by atoms with van der Waals surface area (Å²) in [5.74, 6) is 1.02. The molecule has 2 saturated carbocycles. The van der Waals surface area contributed by atoms with Crippen LogP contribution in [0.25, 0.3) is 0 Å². The zero-order valence-electron chi connectivity index (χ0n) is 13.8. The molecular formula is C20H31NO. The van der Waals surface area contributed by atoms with Crippen LogP contribution in [0.3, 0.4) is 0 Å². The van der Waals surface area contributed by atoms with E-state index in [0.29, 0.717) is 18.4 Å². The van der Waals surface area contributed by atoms with Gasteiger partial charge >= 0.3 is 0 Å². The first-order chi connectivity index (χ1) is 10.7. The molecule has 0 heterocycles.